The highest BCUT2D eigenvalue weighted by Crippen LogP contribution is 2.41. The minimum Gasteiger partial charge on any atom is -0.497 e. The van der Waals surface area contributed by atoms with E-state index in [1.807, 2.05) is 55.5 Å². The van der Waals surface area contributed by atoms with Gasteiger partial charge in [-0.3, -0.25) is 4.79 Å². The van der Waals surface area contributed by atoms with Crippen molar-refractivity contribution in [2.24, 2.45) is 0 Å². The summed E-state index contributed by atoms with van der Waals surface area (Å²) in [5.74, 6) is 0.931. The van der Waals surface area contributed by atoms with Crippen molar-refractivity contribution in [2.75, 3.05) is 7.11 Å². The fourth-order valence-corrected chi connectivity index (χ4v) is 3.19. The number of methoxy groups -OCH3 is 1. The van der Waals surface area contributed by atoms with Gasteiger partial charge in [0.25, 0.3) is 0 Å². The smallest absolute Gasteiger partial charge is 0.200 e. The molecule has 0 aliphatic carbocycles. The molecule has 0 aromatic heterocycles. The van der Waals surface area contributed by atoms with Gasteiger partial charge in [-0.05, 0) is 42.8 Å². The predicted molar refractivity (Wildman–Crippen MR) is 82.3 cm³/mol. The lowest BCUT2D eigenvalue weighted by atomic mass is 10.1. The van der Waals surface area contributed by atoms with Crippen LogP contribution in [0, 0.1) is 6.92 Å². The van der Waals surface area contributed by atoms with Gasteiger partial charge in [0.15, 0.2) is 0 Å². The van der Waals surface area contributed by atoms with Gasteiger partial charge in [-0.25, -0.2) is 0 Å². The number of hydrogen-bond acceptors (Lipinski definition) is 3. The number of hydrogen-bond donors (Lipinski definition) is 0. The maximum absolute atomic E-state index is 12.4. The largest absolute Gasteiger partial charge is 0.497 e. The first-order valence-corrected chi connectivity index (χ1v) is 7.18. The van der Waals surface area contributed by atoms with Crippen LogP contribution in [0.4, 0.5) is 0 Å². The van der Waals surface area contributed by atoms with E-state index in [1.165, 1.54) is 11.8 Å². The molecule has 2 aromatic carbocycles. The van der Waals surface area contributed by atoms with E-state index in [1.54, 1.807) is 7.11 Å². The van der Waals surface area contributed by atoms with Gasteiger partial charge in [0.05, 0.1) is 12.0 Å². The fourth-order valence-electron chi connectivity index (χ4n) is 2.15. The Labute approximate surface area is 122 Å². The number of carbonyl (C=O) groups excluding carboxylic acids is 1. The Morgan fingerprint density at radius 3 is 2.55 bits per heavy atom. The van der Waals surface area contributed by atoms with Crippen molar-refractivity contribution in [1.82, 2.24) is 0 Å². The number of ether oxygens (including phenoxy) is 1. The van der Waals surface area contributed by atoms with Crippen LogP contribution >= 0.6 is 11.8 Å². The quantitative estimate of drug-likeness (QED) is 0.767. The summed E-state index contributed by atoms with van der Waals surface area (Å²) in [6, 6.07) is 13.7. The zero-order chi connectivity index (χ0) is 14.1. The number of thioether (sulfide) groups is 1. The normalized spacial score (nSPS) is 15.5. The molecule has 0 fully saturated rings. The molecule has 2 nitrogen and oxygen atoms in total. The molecule has 0 atom stereocenters. The van der Waals surface area contributed by atoms with Gasteiger partial charge in [0.1, 0.15) is 5.75 Å². The first-order valence-electron chi connectivity index (χ1n) is 6.36. The predicted octanol–water partition coefficient (Wildman–Crippen LogP) is 4.33. The van der Waals surface area contributed by atoms with Gasteiger partial charge in [-0.1, -0.05) is 35.5 Å². The first kappa shape index (κ1) is 13.0. The van der Waals surface area contributed by atoms with Crippen LogP contribution in [0.3, 0.4) is 0 Å². The SMILES string of the molecule is COc1ccc(/C=C2\Sc3ccc(C)cc3C2=O)cc1. The Balaban J connectivity index is 1.92. The molecule has 2 aromatic rings. The van der Waals surface area contributed by atoms with Gasteiger partial charge >= 0.3 is 0 Å². The minimum atomic E-state index is 0.115. The molecule has 1 aliphatic heterocycles. The molecule has 0 N–H and O–H groups in total. The lowest BCUT2D eigenvalue weighted by molar-refractivity contribution is 0.104. The van der Waals surface area contributed by atoms with E-state index in [2.05, 4.69) is 0 Å². The molecule has 20 heavy (non-hydrogen) atoms. The summed E-state index contributed by atoms with van der Waals surface area (Å²) in [7, 11) is 1.64. The number of ketones is 1. The molecule has 0 saturated carbocycles. The third-order valence-corrected chi connectivity index (χ3v) is 4.34. The van der Waals surface area contributed by atoms with E-state index in [0.717, 1.165) is 32.2 Å². The molecule has 1 heterocycles. The molecule has 0 unspecified atom stereocenters. The Morgan fingerprint density at radius 2 is 1.85 bits per heavy atom. The van der Waals surface area contributed by atoms with E-state index in [4.69, 9.17) is 4.74 Å². The number of rotatable bonds is 2. The van der Waals surface area contributed by atoms with Crippen molar-refractivity contribution in [1.29, 1.82) is 0 Å². The molecule has 1 aliphatic rings. The number of Topliss-reactive ketones (excluding diaryl/α,β-unsaturated/α-hetero) is 1. The van der Waals surface area contributed by atoms with Gasteiger partial charge in [-0.15, -0.1) is 0 Å². The lowest BCUT2D eigenvalue weighted by Crippen LogP contribution is -1.94. The molecule has 3 rings (SSSR count). The Bertz CT molecular complexity index is 699. The van der Waals surface area contributed by atoms with Crippen molar-refractivity contribution < 1.29 is 9.53 Å². The van der Waals surface area contributed by atoms with E-state index < -0.39 is 0 Å². The molecule has 0 radical (unpaired) electrons. The summed E-state index contributed by atoms with van der Waals surface area (Å²) in [4.78, 5) is 14.2. The number of carbonyl (C=O) groups is 1. The van der Waals surface area contributed by atoms with Crippen molar-refractivity contribution in [3.8, 4) is 5.75 Å². The zero-order valence-electron chi connectivity index (χ0n) is 11.3. The first-order chi connectivity index (χ1) is 9.67. The topological polar surface area (TPSA) is 26.3 Å². The van der Waals surface area contributed by atoms with Crippen LogP contribution in [0.25, 0.3) is 6.08 Å². The van der Waals surface area contributed by atoms with Gasteiger partial charge < -0.3 is 4.74 Å². The van der Waals surface area contributed by atoms with Crippen molar-refractivity contribution in [3.05, 3.63) is 64.1 Å². The van der Waals surface area contributed by atoms with Gasteiger partial charge in [0.2, 0.25) is 5.78 Å². The highest BCUT2D eigenvalue weighted by atomic mass is 32.2. The average molecular weight is 282 g/mol. The van der Waals surface area contributed by atoms with E-state index in [-0.39, 0.29) is 5.78 Å². The van der Waals surface area contributed by atoms with Crippen molar-refractivity contribution >= 4 is 23.6 Å². The van der Waals surface area contributed by atoms with Crippen LogP contribution in [-0.2, 0) is 0 Å². The van der Waals surface area contributed by atoms with Crippen LogP contribution in [0.2, 0.25) is 0 Å². The van der Waals surface area contributed by atoms with Crippen LogP contribution < -0.4 is 4.74 Å². The summed E-state index contributed by atoms with van der Waals surface area (Å²) < 4.78 is 5.13. The standard InChI is InChI=1S/C17H14O2S/c1-11-3-8-15-14(9-11)17(18)16(20-15)10-12-4-6-13(19-2)7-5-12/h3-10H,1-2H3/b16-10-. The molecular weight excluding hydrogens is 268 g/mol. The maximum atomic E-state index is 12.4. The molecule has 3 heteroatoms. The monoisotopic (exact) mass is 282 g/mol. The average Bonchev–Trinajstić information content (AvgIpc) is 2.76. The number of benzene rings is 2. The van der Waals surface area contributed by atoms with Crippen LogP contribution in [0.15, 0.2) is 52.3 Å². The minimum absolute atomic E-state index is 0.115. The van der Waals surface area contributed by atoms with Crippen LogP contribution in [-0.4, -0.2) is 12.9 Å². The molecule has 0 saturated heterocycles. The van der Waals surface area contributed by atoms with E-state index >= 15 is 0 Å². The Hall–Kier alpha value is -2.00. The summed E-state index contributed by atoms with van der Waals surface area (Å²) in [5, 5.41) is 0. The van der Waals surface area contributed by atoms with E-state index in [9.17, 15) is 4.79 Å². The lowest BCUT2D eigenvalue weighted by Gasteiger charge is -2.00. The highest BCUT2D eigenvalue weighted by molar-refractivity contribution is 8.04. The summed E-state index contributed by atoms with van der Waals surface area (Å²) >= 11 is 1.54. The third kappa shape index (κ3) is 2.37. The third-order valence-electron chi connectivity index (χ3n) is 3.24. The fraction of sp³-hybridized carbons (Fsp3) is 0.118. The van der Waals surface area contributed by atoms with Gasteiger partial charge in [0, 0.05) is 10.5 Å². The number of allylic oxidation sites excluding steroid dienone is 1. The molecule has 0 amide bonds. The summed E-state index contributed by atoms with van der Waals surface area (Å²) in [6.07, 6.45) is 1.93. The zero-order valence-corrected chi connectivity index (χ0v) is 12.2. The van der Waals surface area contributed by atoms with E-state index in [0.29, 0.717) is 0 Å². The van der Waals surface area contributed by atoms with Crippen molar-refractivity contribution in [3.63, 3.8) is 0 Å². The number of fused-ring (bicyclic) bond motifs is 1. The second kappa shape index (κ2) is 5.17. The van der Waals surface area contributed by atoms with Crippen molar-refractivity contribution in [2.45, 2.75) is 11.8 Å². The summed E-state index contributed by atoms with van der Waals surface area (Å²) in [5.41, 5.74) is 2.93. The molecule has 0 bridgehead atoms. The summed E-state index contributed by atoms with van der Waals surface area (Å²) in [6.45, 7) is 2.00. The second-order valence-electron chi connectivity index (χ2n) is 4.71. The second-order valence-corrected chi connectivity index (χ2v) is 5.80. The van der Waals surface area contributed by atoms with Crippen LogP contribution in [0.5, 0.6) is 5.75 Å². The molecule has 100 valence electrons. The maximum Gasteiger partial charge on any atom is 0.200 e. The highest BCUT2D eigenvalue weighted by Gasteiger charge is 2.25. The van der Waals surface area contributed by atoms with Crippen LogP contribution in [0.1, 0.15) is 21.5 Å². The molecular formula is C17H14O2S. The Kier molecular flexibility index (Phi) is 3.36. The number of aryl methyl sites for hydroxylation is 1. The molecule has 0 spiro atoms. The van der Waals surface area contributed by atoms with Gasteiger partial charge in [-0.2, -0.15) is 0 Å². The Morgan fingerprint density at radius 1 is 1.10 bits per heavy atom.